The van der Waals surface area contributed by atoms with E-state index in [2.05, 4.69) is 10.1 Å². The van der Waals surface area contributed by atoms with Gasteiger partial charge in [-0.25, -0.2) is 4.79 Å². The quantitative estimate of drug-likeness (QED) is 0.588. The highest BCUT2D eigenvalue weighted by atomic mass is 16.6. The summed E-state index contributed by atoms with van der Waals surface area (Å²) < 4.78 is 13.7. The SMILES string of the molecule is COC=O.COCCCNC(=O)OC(C)(C)C. The Balaban J connectivity index is 0. The van der Waals surface area contributed by atoms with E-state index >= 15 is 0 Å². The maximum atomic E-state index is 11.0. The van der Waals surface area contributed by atoms with Gasteiger partial charge < -0.3 is 19.5 Å². The number of alkyl carbamates (subject to hydrolysis) is 1. The van der Waals surface area contributed by atoms with E-state index < -0.39 is 5.60 Å². The predicted molar refractivity (Wildman–Crippen MR) is 63.8 cm³/mol. The number of carbonyl (C=O) groups is 2. The van der Waals surface area contributed by atoms with E-state index in [1.54, 1.807) is 7.11 Å². The van der Waals surface area contributed by atoms with Gasteiger partial charge >= 0.3 is 6.09 Å². The zero-order chi connectivity index (χ0) is 13.7. The van der Waals surface area contributed by atoms with Crippen LogP contribution in [0.3, 0.4) is 0 Å². The van der Waals surface area contributed by atoms with Crippen LogP contribution in [0.5, 0.6) is 0 Å². The van der Waals surface area contributed by atoms with Crippen molar-refractivity contribution in [3.8, 4) is 0 Å². The van der Waals surface area contributed by atoms with Gasteiger partial charge in [0.05, 0.1) is 7.11 Å². The van der Waals surface area contributed by atoms with Gasteiger partial charge in [-0.15, -0.1) is 0 Å². The van der Waals surface area contributed by atoms with Crippen molar-refractivity contribution in [1.29, 1.82) is 0 Å². The largest absolute Gasteiger partial charge is 0.471 e. The van der Waals surface area contributed by atoms with Crippen LogP contribution in [-0.2, 0) is 19.0 Å². The van der Waals surface area contributed by atoms with Gasteiger partial charge in [0.2, 0.25) is 0 Å². The Morgan fingerprint density at radius 3 is 2.18 bits per heavy atom. The highest BCUT2D eigenvalue weighted by Crippen LogP contribution is 2.06. The molecule has 0 aliphatic rings. The van der Waals surface area contributed by atoms with Crippen LogP contribution in [0.15, 0.2) is 0 Å². The minimum absolute atomic E-state index is 0.372. The van der Waals surface area contributed by atoms with Gasteiger partial charge in [0.1, 0.15) is 5.60 Å². The van der Waals surface area contributed by atoms with Gasteiger partial charge in [0.25, 0.3) is 6.47 Å². The molecule has 0 aromatic heterocycles. The smallest absolute Gasteiger partial charge is 0.407 e. The lowest BCUT2D eigenvalue weighted by Crippen LogP contribution is -2.33. The fraction of sp³-hybridized carbons (Fsp3) is 0.818. The molecule has 102 valence electrons. The second kappa shape index (κ2) is 11.2. The average molecular weight is 249 g/mol. The predicted octanol–water partition coefficient (Wildman–Crippen LogP) is 1.34. The number of ether oxygens (including phenoxy) is 3. The fourth-order valence-corrected chi connectivity index (χ4v) is 0.721. The molecule has 1 amide bonds. The molecule has 0 fully saturated rings. The van der Waals surface area contributed by atoms with Gasteiger partial charge in [-0.05, 0) is 27.2 Å². The number of methoxy groups -OCH3 is 2. The molecule has 0 rings (SSSR count). The van der Waals surface area contributed by atoms with Gasteiger partial charge in [-0.3, -0.25) is 4.79 Å². The second-order valence-electron chi connectivity index (χ2n) is 4.11. The Hall–Kier alpha value is -1.30. The number of carbonyl (C=O) groups excluding carboxylic acids is 2. The average Bonchev–Trinajstić information content (AvgIpc) is 2.22. The maximum absolute atomic E-state index is 11.0. The molecule has 0 unspecified atom stereocenters. The third kappa shape index (κ3) is 20.7. The first-order valence-electron chi connectivity index (χ1n) is 5.29. The van der Waals surface area contributed by atoms with Crippen molar-refractivity contribution in [2.45, 2.75) is 32.8 Å². The molecule has 0 atom stereocenters. The van der Waals surface area contributed by atoms with Crippen molar-refractivity contribution in [3.63, 3.8) is 0 Å². The molecule has 0 aliphatic carbocycles. The van der Waals surface area contributed by atoms with E-state index in [-0.39, 0.29) is 6.09 Å². The highest BCUT2D eigenvalue weighted by Gasteiger charge is 2.15. The summed E-state index contributed by atoms with van der Waals surface area (Å²) in [4.78, 5) is 20.0. The Kier molecular flexibility index (Phi) is 11.9. The fourth-order valence-electron chi connectivity index (χ4n) is 0.721. The normalized spacial score (nSPS) is 9.71. The van der Waals surface area contributed by atoms with Crippen LogP contribution in [0, 0.1) is 0 Å². The molecule has 0 spiro atoms. The van der Waals surface area contributed by atoms with Crippen LogP contribution in [0.1, 0.15) is 27.2 Å². The molecule has 0 heterocycles. The lowest BCUT2D eigenvalue weighted by Gasteiger charge is -2.19. The van der Waals surface area contributed by atoms with Gasteiger partial charge in [-0.2, -0.15) is 0 Å². The van der Waals surface area contributed by atoms with Crippen LogP contribution >= 0.6 is 0 Å². The second-order valence-corrected chi connectivity index (χ2v) is 4.11. The summed E-state index contributed by atoms with van der Waals surface area (Å²) in [6, 6.07) is 0. The summed E-state index contributed by atoms with van der Waals surface area (Å²) in [5.74, 6) is 0. The van der Waals surface area contributed by atoms with Crippen LogP contribution < -0.4 is 5.32 Å². The molecule has 6 heteroatoms. The van der Waals surface area contributed by atoms with E-state index in [1.165, 1.54) is 7.11 Å². The molecular formula is C11H23NO5. The molecule has 6 nitrogen and oxygen atoms in total. The minimum Gasteiger partial charge on any atom is -0.471 e. The zero-order valence-corrected chi connectivity index (χ0v) is 11.2. The Labute approximate surface area is 103 Å². The van der Waals surface area contributed by atoms with E-state index in [1.807, 2.05) is 20.8 Å². The summed E-state index contributed by atoms with van der Waals surface area (Å²) in [5.41, 5.74) is -0.425. The molecule has 0 saturated carbocycles. The van der Waals surface area contributed by atoms with Crippen molar-refractivity contribution in [2.75, 3.05) is 27.4 Å². The van der Waals surface area contributed by atoms with Crippen molar-refractivity contribution in [1.82, 2.24) is 5.32 Å². The van der Waals surface area contributed by atoms with Crippen LogP contribution in [0.25, 0.3) is 0 Å². The summed E-state index contributed by atoms with van der Waals surface area (Å²) in [5, 5.41) is 2.63. The molecule has 0 aliphatic heterocycles. The molecule has 0 aromatic rings. The lowest BCUT2D eigenvalue weighted by atomic mass is 10.2. The third-order valence-electron chi connectivity index (χ3n) is 1.29. The van der Waals surface area contributed by atoms with Crippen molar-refractivity contribution in [2.24, 2.45) is 0 Å². The molecule has 0 bridgehead atoms. The monoisotopic (exact) mass is 249 g/mol. The van der Waals surface area contributed by atoms with Crippen molar-refractivity contribution in [3.05, 3.63) is 0 Å². The van der Waals surface area contributed by atoms with Gasteiger partial charge in [-0.1, -0.05) is 0 Å². The molecule has 0 saturated heterocycles. The molecule has 0 aromatic carbocycles. The van der Waals surface area contributed by atoms with E-state index in [0.717, 1.165) is 6.42 Å². The van der Waals surface area contributed by atoms with Crippen molar-refractivity contribution < 1.29 is 23.8 Å². The van der Waals surface area contributed by atoms with Crippen LogP contribution in [0.2, 0.25) is 0 Å². The molecule has 0 radical (unpaired) electrons. The number of amides is 1. The van der Waals surface area contributed by atoms with E-state index in [4.69, 9.17) is 14.3 Å². The van der Waals surface area contributed by atoms with Gasteiger partial charge in [0.15, 0.2) is 0 Å². The number of hydrogen-bond donors (Lipinski definition) is 1. The van der Waals surface area contributed by atoms with Crippen LogP contribution in [0.4, 0.5) is 4.79 Å². The summed E-state index contributed by atoms with van der Waals surface area (Å²) in [6.07, 6.45) is 0.430. The van der Waals surface area contributed by atoms with Crippen molar-refractivity contribution >= 4 is 12.6 Å². The first kappa shape index (κ1) is 18.1. The first-order chi connectivity index (χ1) is 7.87. The number of rotatable bonds is 5. The lowest BCUT2D eigenvalue weighted by molar-refractivity contribution is -0.126. The third-order valence-corrected chi connectivity index (χ3v) is 1.29. The molecule has 1 N–H and O–H groups in total. The first-order valence-corrected chi connectivity index (χ1v) is 5.29. The van der Waals surface area contributed by atoms with E-state index in [0.29, 0.717) is 19.6 Å². The minimum atomic E-state index is -0.425. The van der Waals surface area contributed by atoms with Crippen LogP contribution in [-0.4, -0.2) is 45.5 Å². The summed E-state index contributed by atoms with van der Waals surface area (Å²) in [6.45, 7) is 7.11. The highest BCUT2D eigenvalue weighted by molar-refractivity contribution is 5.67. The number of hydrogen-bond acceptors (Lipinski definition) is 5. The Morgan fingerprint density at radius 1 is 1.29 bits per heavy atom. The standard InChI is InChI=1S/C9H19NO3.C2H4O2/c1-9(2,3)13-8(11)10-6-5-7-12-4;1-4-2-3/h5-7H2,1-4H3,(H,10,11);2H,1H3. The van der Waals surface area contributed by atoms with Gasteiger partial charge in [0, 0.05) is 20.3 Å². The van der Waals surface area contributed by atoms with E-state index in [9.17, 15) is 4.79 Å². The Bertz CT molecular complexity index is 201. The maximum Gasteiger partial charge on any atom is 0.407 e. The molecular weight excluding hydrogens is 226 g/mol. The Morgan fingerprint density at radius 2 is 1.82 bits per heavy atom. The summed E-state index contributed by atoms with van der Waals surface area (Å²) >= 11 is 0. The zero-order valence-electron chi connectivity index (χ0n) is 11.2. The summed E-state index contributed by atoms with van der Waals surface area (Å²) in [7, 11) is 2.94. The molecule has 17 heavy (non-hydrogen) atoms. The topological polar surface area (TPSA) is 73.9 Å². The number of nitrogens with one attached hydrogen (secondary N) is 1.